The molecule has 3 atom stereocenters. The van der Waals surface area contributed by atoms with Crippen molar-refractivity contribution in [2.45, 2.75) is 25.1 Å². The Hall–Kier alpha value is -0.0951. The van der Waals surface area contributed by atoms with Crippen molar-refractivity contribution in [2.24, 2.45) is 0 Å². The van der Waals surface area contributed by atoms with E-state index in [4.69, 9.17) is 27.9 Å². The molecule has 4 nitrogen and oxygen atoms in total. The van der Waals surface area contributed by atoms with Crippen LogP contribution in [-0.2, 0) is 4.74 Å². The van der Waals surface area contributed by atoms with E-state index in [9.17, 15) is 0 Å². The van der Waals surface area contributed by atoms with Crippen molar-refractivity contribution in [3.05, 3.63) is 0 Å². The molecule has 0 aliphatic rings. The summed E-state index contributed by atoms with van der Waals surface area (Å²) in [6, 6.07) is -0.846. The van der Waals surface area contributed by atoms with Crippen LogP contribution in [0.3, 0.4) is 0 Å². The third-order valence-electron chi connectivity index (χ3n) is 1.25. The predicted octanol–water partition coefficient (Wildman–Crippen LogP) is -1.77. The first-order valence-electron chi connectivity index (χ1n) is 3.42. The van der Waals surface area contributed by atoms with Gasteiger partial charge in [0.25, 0.3) is 0 Å². The van der Waals surface area contributed by atoms with E-state index in [1.165, 1.54) is 6.92 Å². The number of rotatable bonds is 5. The van der Waals surface area contributed by atoms with Crippen LogP contribution in [0.4, 0.5) is 0 Å². The van der Waals surface area contributed by atoms with Crippen LogP contribution in [0.15, 0.2) is 0 Å². The molecule has 0 rings (SSSR count). The molecule has 0 spiro atoms. The van der Waals surface area contributed by atoms with Crippen LogP contribution in [0.25, 0.3) is 0 Å². The highest BCUT2D eigenvalue weighted by molar-refractivity contribution is 6.11. The van der Waals surface area contributed by atoms with Gasteiger partial charge >= 0.3 is 0 Å². The van der Waals surface area contributed by atoms with Gasteiger partial charge in [0, 0.05) is 6.00 Å². The first kappa shape index (κ1) is 10.9. The van der Waals surface area contributed by atoms with Gasteiger partial charge in [-0.05, 0) is 6.92 Å². The van der Waals surface area contributed by atoms with Gasteiger partial charge in [-0.2, -0.15) is 0 Å². The van der Waals surface area contributed by atoms with Crippen LogP contribution in [0, 0.1) is 0 Å². The Labute approximate surface area is 67.2 Å². The molecule has 64 valence electrons. The van der Waals surface area contributed by atoms with Crippen molar-refractivity contribution in [3.63, 3.8) is 0 Å². The Morgan fingerprint density at radius 2 is 1.91 bits per heavy atom. The topological polar surface area (TPSA) is 69.9 Å². The molecular weight excluding hydrogens is 147 g/mol. The van der Waals surface area contributed by atoms with E-state index in [-0.39, 0.29) is 13.2 Å². The molecule has 2 radical (unpaired) electrons. The monoisotopic (exact) mass is 160 g/mol. The molecule has 0 saturated heterocycles. The minimum Gasteiger partial charge on any atom is -0.395 e. The SMILES string of the molecule is [B]C(CO)OC(CO)C(C)O. The Bertz CT molecular complexity index is 98.6. The fourth-order valence-corrected chi connectivity index (χ4v) is 0.577. The minimum absolute atomic E-state index is 0.314. The highest BCUT2D eigenvalue weighted by Crippen LogP contribution is 2.00. The number of hydrogen-bond acceptors (Lipinski definition) is 4. The molecule has 0 amide bonds. The van der Waals surface area contributed by atoms with E-state index in [1.807, 2.05) is 0 Å². The Balaban J connectivity index is 3.68. The van der Waals surface area contributed by atoms with Gasteiger partial charge in [0.05, 0.1) is 19.3 Å². The van der Waals surface area contributed by atoms with Gasteiger partial charge in [-0.25, -0.2) is 0 Å². The maximum absolute atomic E-state index is 8.93. The van der Waals surface area contributed by atoms with E-state index < -0.39 is 18.2 Å². The van der Waals surface area contributed by atoms with Crippen LogP contribution < -0.4 is 0 Å². The fourth-order valence-electron chi connectivity index (χ4n) is 0.577. The summed E-state index contributed by atoms with van der Waals surface area (Å²) in [6.45, 7) is 0.833. The summed E-state index contributed by atoms with van der Waals surface area (Å²) in [7, 11) is 5.19. The molecule has 11 heavy (non-hydrogen) atoms. The molecular formula is C6H13BO4. The lowest BCUT2D eigenvalue weighted by molar-refractivity contribution is -0.0789. The lowest BCUT2D eigenvalue weighted by atomic mass is 10.0. The second kappa shape index (κ2) is 5.54. The molecule has 0 aromatic rings. The molecule has 0 aromatic heterocycles. The van der Waals surface area contributed by atoms with Gasteiger partial charge in [-0.15, -0.1) is 0 Å². The van der Waals surface area contributed by atoms with E-state index >= 15 is 0 Å². The first-order chi connectivity index (χ1) is 5.11. The van der Waals surface area contributed by atoms with Crippen molar-refractivity contribution in [2.75, 3.05) is 13.2 Å². The van der Waals surface area contributed by atoms with Crippen molar-refractivity contribution < 1.29 is 20.1 Å². The molecule has 3 N–H and O–H groups in total. The second-order valence-corrected chi connectivity index (χ2v) is 2.32. The average Bonchev–Trinajstić information content (AvgIpc) is 1.99. The third kappa shape index (κ3) is 4.37. The third-order valence-corrected chi connectivity index (χ3v) is 1.25. The second-order valence-electron chi connectivity index (χ2n) is 2.32. The van der Waals surface area contributed by atoms with E-state index in [2.05, 4.69) is 0 Å². The lowest BCUT2D eigenvalue weighted by Gasteiger charge is -2.21. The summed E-state index contributed by atoms with van der Waals surface area (Å²) in [6.07, 6.45) is -1.52. The molecule has 0 heterocycles. The van der Waals surface area contributed by atoms with Crippen LogP contribution >= 0.6 is 0 Å². The first-order valence-corrected chi connectivity index (χ1v) is 3.42. The minimum atomic E-state index is -0.846. The smallest absolute Gasteiger partial charge is 0.112 e. The summed E-state index contributed by atoms with van der Waals surface area (Å²) < 4.78 is 4.84. The van der Waals surface area contributed by atoms with Gasteiger partial charge in [-0.3, -0.25) is 0 Å². The predicted molar refractivity (Wildman–Crippen MR) is 40.3 cm³/mol. The molecule has 5 heteroatoms. The van der Waals surface area contributed by atoms with Crippen molar-refractivity contribution in [3.8, 4) is 0 Å². The maximum Gasteiger partial charge on any atom is 0.112 e. The molecule has 0 bridgehead atoms. The van der Waals surface area contributed by atoms with Gasteiger partial charge in [0.15, 0.2) is 0 Å². The number of hydrogen-bond donors (Lipinski definition) is 3. The van der Waals surface area contributed by atoms with Crippen LogP contribution in [0.2, 0.25) is 0 Å². The highest BCUT2D eigenvalue weighted by atomic mass is 16.5. The fraction of sp³-hybridized carbons (Fsp3) is 1.00. The zero-order valence-electron chi connectivity index (χ0n) is 6.47. The van der Waals surface area contributed by atoms with Gasteiger partial charge in [-0.1, -0.05) is 0 Å². The zero-order valence-corrected chi connectivity index (χ0v) is 6.47. The summed E-state index contributed by atoms with van der Waals surface area (Å²) in [5.74, 6) is 0. The highest BCUT2D eigenvalue weighted by Gasteiger charge is 2.16. The molecule has 0 saturated carbocycles. The number of ether oxygens (including phenoxy) is 1. The Morgan fingerprint density at radius 1 is 1.36 bits per heavy atom. The van der Waals surface area contributed by atoms with Crippen LogP contribution in [-0.4, -0.2) is 54.6 Å². The maximum atomic E-state index is 8.93. The number of aliphatic hydroxyl groups is 3. The molecule has 0 aromatic carbocycles. The van der Waals surface area contributed by atoms with E-state index in [1.54, 1.807) is 0 Å². The van der Waals surface area contributed by atoms with Crippen LogP contribution in [0.1, 0.15) is 6.92 Å². The Morgan fingerprint density at radius 3 is 2.18 bits per heavy atom. The van der Waals surface area contributed by atoms with Gasteiger partial charge in [0.1, 0.15) is 14.0 Å². The summed E-state index contributed by atoms with van der Waals surface area (Å²) in [5, 5.41) is 26.0. The number of aliphatic hydroxyl groups excluding tert-OH is 3. The average molecular weight is 160 g/mol. The standard InChI is InChI=1S/C6H13BO4/c1-4(10)5(2-8)11-6(7)3-9/h4-6,8-10H,2-3H2,1H3. The molecule has 3 unspecified atom stereocenters. The van der Waals surface area contributed by atoms with Crippen molar-refractivity contribution in [1.82, 2.24) is 0 Å². The van der Waals surface area contributed by atoms with Crippen molar-refractivity contribution >= 4 is 7.85 Å². The Kier molecular flexibility index (Phi) is 5.49. The van der Waals surface area contributed by atoms with Gasteiger partial charge in [0.2, 0.25) is 0 Å². The molecule has 0 aliphatic heterocycles. The largest absolute Gasteiger partial charge is 0.395 e. The van der Waals surface area contributed by atoms with E-state index in [0.717, 1.165) is 0 Å². The van der Waals surface area contributed by atoms with Gasteiger partial charge < -0.3 is 20.1 Å². The summed E-state index contributed by atoms with van der Waals surface area (Å²) >= 11 is 0. The summed E-state index contributed by atoms with van der Waals surface area (Å²) in [4.78, 5) is 0. The molecule has 0 fully saturated rings. The van der Waals surface area contributed by atoms with E-state index in [0.29, 0.717) is 0 Å². The zero-order chi connectivity index (χ0) is 8.85. The molecule has 0 aliphatic carbocycles. The summed E-state index contributed by atoms with van der Waals surface area (Å²) in [5.41, 5.74) is 0. The normalized spacial score (nSPS) is 19.3. The van der Waals surface area contributed by atoms with Crippen molar-refractivity contribution in [1.29, 1.82) is 0 Å². The van der Waals surface area contributed by atoms with Crippen LogP contribution in [0.5, 0.6) is 0 Å². The quantitative estimate of drug-likeness (QED) is 0.416. The lowest BCUT2D eigenvalue weighted by Crippen LogP contribution is -2.35.